The van der Waals surface area contributed by atoms with Gasteiger partial charge in [-0.05, 0) is 48.8 Å². The molecule has 0 unspecified atom stereocenters. The van der Waals surface area contributed by atoms with Crippen LogP contribution in [0.4, 0.5) is 0 Å². The van der Waals surface area contributed by atoms with Crippen molar-refractivity contribution >= 4 is 5.97 Å². The molecule has 0 radical (unpaired) electrons. The van der Waals surface area contributed by atoms with Gasteiger partial charge in [0.05, 0.1) is 12.7 Å². The standard InChI is InChI=1S/C18H24O4/c1-17(2)12-7-8-18(17,3)15(10-12)22-16(20)11-5-6-14(21-4)13(19)9-11/h5-6,9,12,15,19H,7-8,10H2,1-4H3/t12-,15+,18+/m0/s1. The molecule has 2 bridgehead atoms. The maximum Gasteiger partial charge on any atom is 0.338 e. The molecule has 2 fully saturated rings. The Morgan fingerprint density at radius 3 is 2.55 bits per heavy atom. The fraction of sp³-hybridized carbons (Fsp3) is 0.611. The molecule has 0 heterocycles. The average Bonchev–Trinajstić information content (AvgIpc) is 2.80. The minimum absolute atomic E-state index is 0.0435. The summed E-state index contributed by atoms with van der Waals surface area (Å²) in [7, 11) is 1.48. The van der Waals surface area contributed by atoms with Crippen molar-refractivity contribution in [1.29, 1.82) is 0 Å². The molecule has 1 aromatic rings. The number of esters is 1. The maximum atomic E-state index is 12.4. The van der Waals surface area contributed by atoms with E-state index in [2.05, 4.69) is 20.8 Å². The lowest BCUT2D eigenvalue weighted by molar-refractivity contribution is -0.0242. The molecule has 120 valence electrons. The SMILES string of the molecule is COc1ccc(C(=O)O[C@@H]2C[C@@H]3CC[C@@]2(C)C3(C)C)cc1O. The quantitative estimate of drug-likeness (QED) is 0.864. The molecular weight excluding hydrogens is 280 g/mol. The summed E-state index contributed by atoms with van der Waals surface area (Å²) in [5.41, 5.74) is 0.615. The fourth-order valence-corrected chi connectivity index (χ4v) is 4.32. The number of rotatable bonds is 3. The number of fused-ring (bicyclic) bond motifs is 2. The molecule has 22 heavy (non-hydrogen) atoms. The molecule has 0 saturated heterocycles. The Kier molecular flexibility index (Phi) is 3.38. The van der Waals surface area contributed by atoms with E-state index in [0.717, 1.165) is 12.8 Å². The van der Waals surface area contributed by atoms with Crippen molar-refractivity contribution in [2.24, 2.45) is 16.7 Å². The molecule has 2 aliphatic carbocycles. The van der Waals surface area contributed by atoms with E-state index in [1.54, 1.807) is 12.1 Å². The normalized spacial score (nSPS) is 32.0. The third-order valence-corrected chi connectivity index (χ3v) is 6.38. The predicted molar refractivity (Wildman–Crippen MR) is 83.1 cm³/mol. The second-order valence-corrected chi connectivity index (χ2v) is 7.39. The molecule has 0 aromatic heterocycles. The summed E-state index contributed by atoms with van der Waals surface area (Å²) >= 11 is 0. The highest BCUT2D eigenvalue weighted by Crippen LogP contribution is 2.66. The first kappa shape index (κ1) is 15.2. The Hall–Kier alpha value is -1.71. The number of benzene rings is 1. The van der Waals surface area contributed by atoms with E-state index in [1.807, 2.05) is 0 Å². The first-order chi connectivity index (χ1) is 10.3. The Morgan fingerprint density at radius 1 is 1.32 bits per heavy atom. The van der Waals surface area contributed by atoms with E-state index < -0.39 is 0 Å². The van der Waals surface area contributed by atoms with Crippen LogP contribution in [0.15, 0.2) is 18.2 Å². The Bertz CT molecular complexity index is 607. The van der Waals surface area contributed by atoms with Crippen molar-refractivity contribution in [3.8, 4) is 11.5 Å². The minimum Gasteiger partial charge on any atom is -0.504 e. The maximum absolute atomic E-state index is 12.4. The lowest BCUT2D eigenvalue weighted by atomic mass is 9.70. The monoisotopic (exact) mass is 304 g/mol. The zero-order chi connectivity index (χ0) is 16.1. The van der Waals surface area contributed by atoms with E-state index >= 15 is 0 Å². The number of phenols is 1. The molecule has 0 aliphatic heterocycles. The lowest BCUT2D eigenvalue weighted by Crippen LogP contribution is -2.38. The summed E-state index contributed by atoms with van der Waals surface area (Å²) in [6.07, 6.45) is 3.23. The number of aromatic hydroxyl groups is 1. The third-order valence-electron chi connectivity index (χ3n) is 6.38. The minimum atomic E-state index is -0.368. The molecule has 3 rings (SSSR count). The molecule has 4 nitrogen and oxygen atoms in total. The van der Waals surface area contributed by atoms with Crippen LogP contribution in [0.25, 0.3) is 0 Å². The molecule has 0 amide bonds. The summed E-state index contributed by atoms with van der Waals surface area (Å²) in [4.78, 5) is 12.4. The Balaban J connectivity index is 1.77. The van der Waals surface area contributed by atoms with Gasteiger partial charge in [-0.15, -0.1) is 0 Å². The zero-order valence-electron chi connectivity index (χ0n) is 13.7. The van der Waals surface area contributed by atoms with Crippen molar-refractivity contribution < 1.29 is 19.4 Å². The van der Waals surface area contributed by atoms with Gasteiger partial charge in [0.1, 0.15) is 6.10 Å². The Labute approximate surface area is 131 Å². The summed E-state index contributed by atoms with van der Waals surface area (Å²) in [6.45, 7) is 6.82. The lowest BCUT2D eigenvalue weighted by Gasteiger charge is -2.38. The van der Waals surface area contributed by atoms with Gasteiger partial charge in [-0.25, -0.2) is 4.79 Å². The highest BCUT2D eigenvalue weighted by molar-refractivity contribution is 5.90. The average molecular weight is 304 g/mol. The third kappa shape index (κ3) is 2.00. The fourth-order valence-electron chi connectivity index (χ4n) is 4.32. The van der Waals surface area contributed by atoms with Crippen molar-refractivity contribution in [1.82, 2.24) is 0 Å². The Morgan fingerprint density at radius 2 is 2.05 bits per heavy atom. The molecule has 1 N–H and O–H groups in total. The second kappa shape index (κ2) is 4.90. The molecular formula is C18H24O4. The van der Waals surface area contributed by atoms with Crippen molar-refractivity contribution in [3.05, 3.63) is 23.8 Å². The number of carbonyl (C=O) groups excluding carboxylic acids is 1. The van der Waals surface area contributed by atoms with Crippen molar-refractivity contribution in [2.75, 3.05) is 7.11 Å². The van der Waals surface area contributed by atoms with E-state index in [1.165, 1.54) is 19.6 Å². The van der Waals surface area contributed by atoms with E-state index in [-0.39, 0.29) is 28.7 Å². The van der Waals surface area contributed by atoms with E-state index in [9.17, 15) is 9.90 Å². The molecule has 1 aromatic carbocycles. The van der Waals surface area contributed by atoms with Crippen LogP contribution in [-0.4, -0.2) is 24.3 Å². The van der Waals surface area contributed by atoms with Crippen molar-refractivity contribution in [3.63, 3.8) is 0 Å². The summed E-state index contributed by atoms with van der Waals surface area (Å²) in [6, 6.07) is 4.61. The second-order valence-electron chi connectivity index (χ2n) is 7.39. The van der Waals surface area contributed by atoms with Gasteiger partial charge in [0.2, 0.25) is 0 Å². The van der Waals surface area contributed by atoms with Crippen LogP contribution in [0.3, 0.4) is 0 Å². The number of hydrogen-bond donors (Lipinski definition) is 1. The van der Waals surface area contributed by atoms with Gasteiger partial charge in [-0.2, -0.15) is 0 Å². The number of hydrogen-bond acceptors (Lipinski definition) is 4. The van der Waals surface area contributed by atoms with Crippen LogP contribution >= 0.6 is 0 Å². The van der Waals surface area contributed by atoms with E-state index in [0.29, 0.717) is 17.2 Å². The largest absolute Gasteiger partial charge is 0.504 e. The molecule has 0 spiro atoms. The highest BCUT2D eigenvalue weighted by atomic mass is 16.5. The molecule has 2 aliphatic rings. The molecule has 2 saturated carbocycles. The highest BCUT2D eigenvalue weighted by Gasteiger charge is 2.62. The van der Waals surface area contributed by atoms with Gasteiger partial charge >= 0.3 is 5.97 Å². The number of ether oxygens (including phenoxy) is 2. The van der Waals surface area contributed by atoms with Crippen LogP contribution in [0.5, 0.6) is 11.5 Å². The van der Waals surface area contributed by atoms with Crippen LogP contribution in [0.1, 0.15) is 50.4 Å². The topological polar surface area (TPSA) is 55.8 Å². The van der Waals surface area contributed by atoms with Gasteiger partial charge in [0.25, 0.3) is 0 Å². The van der Waals surface area contributed by atoms with Gasteiger partial charge < -0.3 is 14.6 Å². The predicted octanol–water partition coefficient (Wildman–Crippen LogP) is 3.77. The van der Waals surface area contributed by atoms with E-state index in [4.69, 9.17) is 9.47 Å². The zero-order valence-corrected chi connectivity index (χ0v) is 13.7. The summed E-state index contributed by atoms with van der Waals surface area (Å²) in [5.74, 6) is 0.563. The van der Waals surface area contributed by atoms with Gasteiger partial charge in [0.15, 0.2) is 11.5 Å². The van der Waals surface area contributed by atoms with Crippen LogP contribution in [0.2, 0.25) is 0 Å². The number of methoxy groups -OCH3 is 1. The smallest absolute Gasteiger partial charge is 0.338 e. The number of carbonyl (C=O) groups is 1. The van der Waals surface area contributed by atoms with Crippen molar-refractivity contribution in [2.45, 2.75) is 46.1 Å². The van der Waals surface area contributed by atoms with Crippen LogP contribution in [0, 0.1) is 16.7 Å². The first-order valence-corrected chi connectivity index (χ1v) is 7.87. The van der Waals surface area contributed by atoms with Gasteiger partial charge in [-0.1, -0.05) is 20.8 Å². The number of phenolic OH excluding ortho intramolecular Hbond substituents is 1. The summed E-state index contributed by atoms with van der Waals surface area (Å²) < 4.78 is 10.8. The van der Waals surface area contributed by atoms with Crippen LogP contribution < -0.4 is 4.74 Å². The molecule has 4 heteroatoms. The van der Waals surface area contributed by atoms with Gasteiger partial charge in [-0.3, -0.25) is 0 Å². The van der Waals surface area contributed by atoms with Crippen LogP contribution in [-0.2, 0) is 4.74 Å². The molecule has 3 atom stereocenters. The van der Waals surface area contributed by atoms with Gasteiger partial charge in [0, 0.05) is 5.41 Å². The summed E-state index contributed by atoms with van der Waals surface area (Å²) in [5, 5.41) is 9.81. The first-order valence-electron chi connectivity index (χ1n) is 7.87.